The van der Waals surface area contributed by atoms with Gasteiger partial charge in [0.1, 0.15) is 5.75 Å². The van der Waals surface area contributed by atoms with Crippen molar-refractivity contribution >= 4 is 17.4 Å². The van der Waals surface area contributed by atoms with Crippen molar-refractivity contribution < 1.29 is 4.74 Å². The lowest BCUT2D eigenvalue weighted by molar-refractivity contribution is 0.0858. The normalized spacial score (nSPS) is 26.9. The number of benzene rings is 1. The van der Waals surface area contributed by atoms with Crippen LogP contribution < -0.4 is 9.64 Å². The third-order valence-electron chi connectivity index (χ3n) is 6.17. The summed E-state index contributed by atoms with van der Waals surface area (Å²) in [6, 6.07) is 10.2. The van der Waals surface area contributed by atoms with Crippen LogP contribution in [0.1, 0.15) is 19.3 Å². The second kappa shape index (κ2) is 8.19. The second-order valence-electron chi connectivity index (χ2n) is 7.51. The van der Waals surface area contributed by atoms with Gasteiger partial charge in [-0.25, -0.2) is 0 Å². The lowest BCUT2D eigenvalue weighted by Gasteiger charge is -2.44. The highest BCUT2D eigenvalue weighted by molar-refractivity contribution is 7.99. The lowest BCUT2D eigenvalue weighted by atomic mass is 10.0. The van der Waals surface area contributed by atoms with Gasteiger partial charge in [0.05, 0.1) is 7.11 Å². The first-order chi connectivity index (χ1) is 12.3. The average molecular weight is 362 g/mol. The van der Waals surface area contributed by atoms with Crippen molar-refractivity contribution in [2.75, 3.05) is 62.8 Å². The number of piperazine rings is 1. The highest BCUT2D eigenvalue weighted by Gasteiger charge is 2.31. The molecule has 3 fully saturated rings. The van der Waals surface area contributed by atoms with Crippen LogP contribution in [0.2, 0.25) is 0 Å². The Labute approximate surface area is 156 Å². The molecule has 0 aliphatic carbocycles. The average Bonchev–Trinajstić information content (AvgIpc) is 3.23. The molecule has 1 unspecified atom stereocenters. The number of hydrogen-bond donors (Lipinski definition) is 0. The van der Waals surface area contributed by atoms with Crippen molar-refractivity contribution in [1.82, 2.24) is 9.80 Å². The summed E-state index contributed by atoms with van der Waals surface area (Å²) in [6.07, 6.45) is 4.13. The molecule has 4 nitrogen and oxygen atoms in total. The highest BCUT2D eigenvalue weighted by Crippen LogP contribution is 2.28. The van der Waals surface area contributed by atoms with Crippen molar-refractivity contribution in [3.05, 3.63) is 24.3 Å². The molecule has 3 aliphatic rings. The summed E-state index contributed by atoms with van der Waals surface area (Å²) in [7, 11) is 1.74. The quantitative estimate of drug-likeness (QED) is 0.819. The molecule has 0 bridgehead atoms. The first kappa shape index (κ1) is 17.5. The Balaban J connectivity index is 1.26. The zero-order valence-corrected chi connectivity index (χ0v) is 16.2. The SMILES string of the molecule is COc1cccc(N2CCN(C3CCN(C4CCSC4)CC3)CC2)c1. The fourth-order valence-electron chi connectivity index (χ4n) is 4.58. The summed E-state index contributed by atoms with van der Waals surface area (Å²) in [6.45, 7) is 7.28. The molecule has 1 atom stereocenters. The Kier molecular flexibility index (Phi) is 5.73. The molecule has 5 heteroatoms. The van der Waals surface area contributed by atoms with Gasteiger partial charge < -0.3 is 9.64 Å². The Morgan fingerprint density at radius 3 is 2.36 bits per heavy atom. The van der Waals surface area contributed by atoms with Gasteiger partial charge in [0.25, 0.3) is 0 Å². The smallest absolute Gasteiger partial charge is 0.120 e. The topological polar surface area (TPSA) is 19.0 Å². The van der Waals surface area contributed by atoms with Gasteiger partial charge in [-0.1, -0.05) is 6.07 Å². The minimum absolute atomic E-state index is 0.803. The summed E-state index contributed by atoms with van der Waals surface area (Å²) in [5.41, 5.74) is 1.30. The lowest BCUT2D eigenvalue weighted by Crippen LogP contribution is -2.54. The van der Waals surface area contributed by atoms with E-state index >= 15 is 0 Å². The largest absolute Gasteiger partial charge is 0.497 e. The molecule has 3 saturated heterocycles. The van der Waals surface area contributed by atoms with E-state index in [0.29, 0.717) is 0 Å². The van der Waals surface area contributed by atoms with E-state index < -0.39 is 0 Å². The van der Waals surface area contributed by atoms with E-state index in [0.717, 1.165) is 30.9 Å². The summed E-state index contributed by atoms with van der Waals surface area (Å²) in [5, 5.41) is 0. The molecule has 0 radical (unpaired) electrons. The summed E-state index contributed by atoms with van der Waals surface area (Å²) >= 11 is 2.14. The van der Waals surface area contributed by atoms with Gasteiger partial charge in [-0.3, -0.25) is 9.80 Å². The number of hydrogen-bond acceptors (Lipinski definition) is 5. The Hall–Kier alpha value is -0.910. The maximum Gasteiger partial charge on any atom is 0.120 e. The zero-order chi connectivity index (χ0) is 17.1. The minimum atomic E-state index is 0.803. The van der Waals surface area contributed by atoms with Crippen LogP contribution in [0.25, 0.3) is 0 Å². The predicted octanol–water partition coefficient (Wildman–Crippen LogP) is 2.79. The van der Waals surface area contributed by atoms with Crippen LogP contribution in [0.3, 0.4) is 0 Å². The van der Waals surface area contributed by atoms with Gasteiger partial charge in [0.15, 0.2) is 0 Å². The van der Waals surface area contributed by atoms with Gasteiger partial charge >= 0.3 is 0 Å². The molecule has 0 spiro atoms. The fraction of sp³-hybridized carbons (Fsp3) is 0.700. The standard InChI is InChI=1S/C20H31N3OS/c1-24-20-4-2-3-18(15-20)23-12-10-22(11-13-23)17-5-8-21(9-6-17)19-7-14-25-16-19/h2-4,15,17,19H,5-14,16H2,1H3. The molecule has 25 heavy (non-hydrogen) atoms. The number of nitrogens with zero attached hydrogens (tertiary/aromatic N) is 3. The van der Waals surface area contributed by atoms with Gasteiger partial charge in [0.2, 0.25) is 0 Å². The maximum absolute atomic E-state index is 5.37. The van der Waals surface area contributed by atoms with Crippen LogP contribution in [0.4, 0.5) is 5.69 Å². The van der Waals surface area contributed by atoms with Gasteiger partial charge in [-0.15, -0.1) is 0 Å². The van der Waals surface area contributed by atoms with Crippen molar-refractivity contribution in [3.8, 4) is 5.75 Å². The predicted molar refractivity (Wildman–Crippen MR) is 107 cm³/mol. The molecule has 3 heterocycles. The summed E-state index contributed by atoms with van der Waals surface area (Å²) < 4.78 is 5.37. The number of likely N-dealkylation sites (tertiary alicyclic amines) is 1. The van der Waals surface area contributed by atoms with E-state index in [9.17, 15) is 0 Å². The first-order valence-corrected chi connectivity index (χ1v) is 10.9. The third-order valence-corrected chi connectivity index (χ3v) is 7.32. The molecule has 0 saturated carbocycles. The number of thioether (sulfide) groups is 1. The summed E-state index contributed by atoms with van der Waals surface area (Å²) in [5.74, 6) is 3.69. The molecule has 1 aromatic carbocycles. The van der Waals surface area contributed by atoms with Gasteiger partial charge in [0, 0.05) is 55.8 Å². The molecule has 3 aliphatic heterocycles. The van der Waals surface area contributed by atoms with E-state index in [2.05, 4.69) is 44.7 Å². The van der Waals surface area contributed by atoms with E-state index in [1.807, 2.05) is 6.07 Å². The Bertz CT molecular complexity index is 548. The fourth-order valence-corrected chi connectivity index (χ4v) is 5.83. The van der Waals surface area contributed by atoms with Crippen LogP contribution in [-0.4, -0.2) is 79.8 Å². The first-order valence-electron chi connectivity index (χ1n) is 9.78. The van der Waals surface area contributed by atoms with Gasteiger partial charge in [-0.05, 0) is 50.2 Å². The van der Waals surface area contributed by atoms with Crippen LogP contribution >= 0.6 is 11.8 Å². The number of ether oxygens (including phenoxy) is 1. The van der Waals surface area contributed by atoms with Crippen LogP contribution in [-0.2, 0) is 0 Å². The van der Waals surface area contributed by atoms with Crippen LogP contribution in [0.15, 0.2) is 24.3 Å². The van der Waals surface area contributed by atoms with Crippen molar-refractivity contribution in [1.29, 1.82) is 0 Å². The molecule has 1 aromatic rings. The minimum Gasteiger partial charge on any atom is -0.497 e. The van der Waals surface area contributed by atoms with E-state index in [4.69, 9.17) is 4.74 Å². The van der Waals surface area contributed by atoms with E-state index in [-0.39, 0.29) is 0 Å². The molecule has 138 valence electrons. The number of methoxy groups -OCH3 is 1. The zero-order valence-electron chi connectivity index (χ0n) is 15.4. The van der Waals surface area contributed by atoms with Crippen LogP contribution in [0.5, 0.6) is 5.75 Å². The number of rotatable bonds is 4. The number of piperidine rings is 1. The Morgan fingerprint density at radius 1 is 0.920 bits per heavy atom. The highest BCUT2D eigenvalue weighted by atomic mass is 32.2. The molecule has 4 rings (SSSR count). The maximum atomic E-state index is 5.37. The number of anilines is 1. The van der Waals surface area contributed by atoms with Crippen LogP contribution in [0, 0.1) is 0 Å². The van der Waals surface area contributed by atoms with Crippen molar-refractivity contribution in [3.63, 3.8) is 0 Å². The van der Waals surface area contributed by atoms with Crippen molar-refractivity contribution in [2.24, 2.45) is 0 Å². The molecule has 0 aromatic heterocycles. The van der Waals surface area contributed by atoms with Crippen molar-refractivity contribution in [2.45, 2.75) is 31.3 Å². The molecular formula is C20H31N3OS. The Morgan fingerprint density at radius 2 is 1.68 bits per heavy atom. The monoisotopic (exact) mass is 361 g/mol. The summed E-state index contributed by atoms with van der Waals surface area (Å²) in [4.78, 5) is 8.02. The van der Waals surface area contributed by atoms with E-state index in [1.165, 1.54) is 62.6 Å². The molecular weight excluding hydrogens is 330 g/mol. The third kappa shape index (κ3) is 4.09. The molecule has 0 N–H and O–H groups in total. The second-order valence-corrected chi connectivity index (χ2v) is 8.66. The van der Waals surface area contributed by atoms with E-state index in [1.54, 1.807) is 7.11 Å². The molecule has 0 amide bonds. The van der Waals surface area contributed by atoms with Gasteiger partial charge in [-0.2, -0.15) is 11.8 Å².